The monoisotopic (exact) mass is 310 g/mol. The second kappa shape index (κ2) is 5.85. The molecule has 2 aliphatic rings. The van der Waals surface area contributed by atoms with Crippen LogP contribution in [0.15, 0.2) is 40.8 Å². The number of furan rings is 1. The number of fused-ring (bicyclic) bond motifs is 2. The molecule has 2 fully saturated rings. The second-order valence-corrected chi connectivity index (χ2v) is 6.85. The molecule has 3 heterocycles. The van der Waals surface area contributed by atoms with E-state index in [9.17, 15) is 4.79 Å². The minimum atomic E-state index is -0.101. The predicted octanol–water partition coefficient (Wildman–Crippen LogP) is 3.08. The van der Waals surface area contributed by atoms with Crippen molar-refractivity contribution in [3.05, 3.63) is 47.7 Å². The van der Waals surface area contributed by atoms with Crippen LogP contribution in [-0.2, 0) is 0 Å². The number of rotatable bonds is 3. The Balaban J connectivity index is 1.44. The van der Waals surface area contributed by atoms with Gasteiger partial charge in [-0.05, 0) is 44.4 Å². The van der Waals surface area contributed by atoms with Crippen LogP contribution >= 0.6 is 0 Å². The molecule has 2 aromatic rings. The summed E-state index contributed by atoms with van der Waals surface area (Å²) < 4.78 is 5.76. The van der Waals surface area contributed by atoms with Crippen LogP contribution < -0.4 is 5.32 Å². The maximum atomic E-state index is 12.4. The first-order chi connectivity index (χ1) is 11.2. The van der Waals surface area contributed by atoms with Gasteiger partial charge in [0.25, 0.3) is 5.91 Å². The first kappa shape index (κ1) is 14.5. The lowest BCUT2D eigenvalue weighted by atomic mass is 9.97. The van der Waals surface area contributed by atoms with Crippen LogP contribution in [0.3, 0.4) is 0 Å². The van der Waals surface area contributed by atoms with Crippen molar-refractivity contribution >= 4 is 5.91 Å². The molecule has 1 unspecified atom stereocenters. The van der Waals surface area contributed by atoms with Crippen LogP contribution in [0.4, 0.5) is 0 Å². The molecule has 4 nitrogen and oxygen atoms in total. The Labute approximate surface area is 136 Å². The van der Waals surface area contributed by atoms with Gasteiger partial charge in [-0.3, -0.25) is 4.79 Å². The van der Waals surface area contributed by atoms with Gasteiger partial charge in [0.15, 0.2) is 5.76 Å². The van der Waals surface area contributed by atoms with Crippen LogP contribution in [0.1, 0.15) is 29.0 Å². The van der Waals surface area contributed by atoms with Gasteiger partial charge in [-0.2, -0.15) is 0 Å². The molecule has 1 aromatic carbocycles. The van der Waals surface area contributed by atoms with Crippen molar-refractivity contribution in [2.24, 2.45) is 5.92 Å². The van der Waals surface area contributed by atoms with Crippen molar-refractivity contribution in [2.75, 3.05) is 19.6 Å². The summed E-state index contributed by atoms with van der Waals surface area (Å²) in [6.45, 7) is 5.39. The largest absolute Gasteiger partial charge is 0.451 e. The van der Waals surface area contributed by atoms with E-state index in [2.05, 4.69) is 17.1 Å². The summed E-state index contributed by atoms with van der Waals surface area (Å²) in [6.07, 6.45) is 2.36. The highest BCUT2D eigenvalue weighted by Crippen LogP contribution is 2.27. The van der Waals surface area contributed by atoms with Crippen molar-refractivity contribution in [3.8, 4) is 11.3 Å². The normalized spacial score (nSPS) is 26.2. The minimum Gasteiger partial charge on any atom is -0.451 e. The number of carbonyl (C=O) groups excluding carboxylic acids is 1. The molecule has 0 radical (unpaired) electrons. The number of nitrogens with one attached hydrogen (secondary N) is 1. The number of hydrogen-bond acceptors (Lipinski definition) is 3. The second-order valence-electron chi connectivity index (χ2n) is 6.85. The van der Waals surface area contributed by atoms with Crippen LogP contribution in [0, 0.1) is 12.8 Å². The third-order valence-electron chi connectivity index (χ3n) is 4.97. The van der Waals surface area contributed by atoms with E-state index in [-0.39, 0.29) is 11.9 Å². The smallest absolute Gasteiger partial charge is 0.287 e. The van der Waals surface area contributed by atoms with Gasteiger partial charge in [-0.1, -0.05) is 29.8 Å². The van der Waals surface area contributed by atoms with Gasteiger partial charge in [0.05, 0.1) is 0 Å². The summed E-state index contributed by atoms with van der Waals surface area (Å²) >= 11 is 0. The highest BCUT2D eigenvalue weighted by atomic mass is 16.3. The van der Waals surface area contributed by atoms with E-state index >= 15 is 0 Å². The Morgan fingerprint density at radius 1 is 1.17 bits per heavy atom. The molecule has 0 aliphatic carbocycles. The van der Waals surface area contributed by atoms with Crippen molar-refractivity contribution in [1.82, 2.24) is 10.2 Å². The highest BCUT2D eigenvalue weighted by molar-refractivity contribution is 5.92. The fraction of sp³-hybridized carbons (Fsp3) is 0.421. The van der Waals surface area contributed by atoms with Crippen LogP contribution in [0.5, 0.6) is 0 Å². The third-order valence-corrected chi connectivity index (χ3v) is 4.97. The zero-order valence-corrected chi connectivity index (χ0v) is 13.4. The Morgan fingerprint density at radius 2 is 2.00 bits per heavy atom. The Hall–Kier alpha value is -2.07. The zero-order chi connectivity index (χ0) is 15.8. The quantitative estimate of drug-likeness (QED) is 0.947. The molecule has 4 heteroatoms. The van der Waals surface area contributed by atoms with E-state index in [1.807, 2.05) is 30.3 Å². The number of aryl methyl sites for hydroxylation is 1. The minimum absolute atomic E-state index is 0.101. The van der Waals surface area contributed by atoms with E-state index < -0.39 is 0 Å². The van der Waals surface area contributed by atoms with Crippen molar-refractivity contribution in [1.29, 1.82) is 0 Å². The van der Waals surface area contributed by atoms with E-state index in [0.29, 0.717) is 5.76 Å². The van der Waals surface area contributed by atoms with E-state index in [0.717, 1.165) is 30.2 Å². The van der Waals surface area contributed by atoms with Crippen LogP contribution in [0.25, 0.3) is 11.3 Å². The molecule has 0 spiro atoms. The van der Waals surface area contributed by atoms with Crippen molar-refractivity contribution in [3.63, 3.8) is 0 Å². The van der Waals surface area contributed by atoms with Crippen molar-refractivity contribution < 1.29 is 9.21 Å². The molecule has 1 aromatic heterocycles. The molecule has 1 amide bonds. The number of carbonyl (C=O) groups is 1. The summed E-state index contributed by atoms with van der Waals surface area (Å²) in [5.74, 6) is 1.78. The van der Waals surface area contributed by atoms with Gasteiger partial charge in [-0.25, -0.2) is 0 Å². The zero-order valence-electron chi connectivity index (χ0n) is 13.4. The van der Waals surface area contributed by atoms with E-state index in [1.54, 1.807) is 6.07 Å². The molecule has 23 heavy (non-hydrogen) atoms. The lowest BCUT2D eigenvalue weighted by Crippen LogP contribution is -2.46. The lowest BCUT2D eigenvalue weighted by Gasteiger charge is -2.30. The standard InChI is InChI=1S/C19H22N2O2/c1-13-2-4-15(5-3-13)17-6-7-18(23-17)19(22)20-16-10-14-8-9-21(11-14)12-16/h2-7,14,16H,8-12H2,1H3,(H,20,22)/t14-,16-/m1/s1. The number of amides is 1. The highest BCUT2D eigenvalue weighted by Gasteiger charge is 2.33. The lowest BCUT2D eigenvalue weighted by molar-refractivity contribution is 0.0882. The summed E-state index contributed by atoms with van der Waals surface area (Å²) in [7, 11) is 0. The first-order valence-electron chi connectivity index (χ1n) is 8.37. The van der Waals surface area contributed by atoms with Crippen molar-refractivity contribution in [2.45, 2.75) is 25.8 Å². The molecule has 4 rings (SSSR count). The predicted molar refractivity (Wildman–Crippen MR) is 89.3 cm³/mol. The number of nitrogens with zero attached hydrogens (tertiary/aromatic N) is 1. The van der Waals surface area contributed by atoms with Crippen LogP contribution in [-0.4, -0.2) is 36.5 Å². The topological polar surface area (TPSA) is 45.5 Å². The number of benzene rings is 1. The Morgan fingerprint density at radius 3 is 2.78 bits per heavy atom. The summed E-state index contributed by atoms with van der Waals surface area (Å²) in [5.41, 5.74) is 2.21. The van der Waals surface area contributed by atoms with E-state index in [4.69, 9.17) is 4.42 Å². The van der Waals surface area contributed by atoms with Gasteiger partial charge in [0, 0.05) is 24.7 Å². The van der Waals surface area contributed by atoms with Gasteiger partial charge < -0.3 is 14.6 Å². The molecule has 0 saturated carbocycles. The SMILES string of the molecule is Cc1ccc(-c2ccc(C(=O)N[C@@H]3C[C@H]4CCN(C4)C3)o2)cc1. The molecule has 2 saturated heterocycles. The fourth-order valence-corrected chi connectivity index (χ4v) is 3.75. The maximum absolute atomic E-state index is 12.4. The van der Waals surface area contributed by atoms with E-state index in [1.165, 1.54) is 25.1 Å². The summed E-state index contributed by atoms with van der Waals surface area (Å²) in [4.78, 5) is 14.9. The summed E-state index contributed by atoms with van der Waals surface area (Å²) in [5, 5.41) is 3.14. The third kappa shape index (κ3) is 3.04. The number of piperidine rings is 1. The Bertz CT molecular complexity index is 692. The molecular weight excluding hydrogens is 288 g/mol. The van der Waals surface area contributed by atoms with Crippen LogP contribution in [0.2, 0.25) is 0 Å². The Kier molecular flexibility index (Phi) is 3.69. The molecular formula is C19H22N2O2. The number of hydrogen-bond donors (Lipinski definition) is 1. The average Bonchev–Trinajstić information content (AvgIpc) is 3.15. The molecule has 120 valence electrons. The molecule has 3 atom stereocenters. The van der Waals surface area contributed by atoms with Gasteiger partial charge in [0.1, 0.15) is 5.76 Å². The average molecular weight is 310 g/mol. The molecule has 1 N–H and O–H groups in total. The fourth-order valence-electron chi connectivity index (χ4n) is 3.75. The summed E-state index contributed by atoms with van der Waals surface area (Å²) in [6, 6.07) is 12.0. The first-order valence-corrected chi connectivity index (χ1v) is 8.37. The maximum Gasteiger partial charge on any atom is 0.287 e. The van der Waals surface area contributed by atoms with Gasteiger partial charge >= 0.3 is 0 Å². The van der Waals surface area contributed by atoms with Gasteiger partial charge in [-0.15, -0.1) is 0 Å². The van der Waals surface area contributed by atoms with Gasteiger partial charge in [0.2, 0.25) is 0 Å². The molecule has 2 bridgehead atoms. The molecule has 2 aliphatic heterocycles.